The molecule has 1 aromatic rings. The molecule has 0 bridgehead atoms. The number of anilines is 1. The molecule has 1 heterocycles. The molecule has 0 radical (unpaired) electrons. The number of nitrogens with one attached hydrogen (secondary N) is 2. The number of Topliss-reactive ketones (excluding diaryl/α,β-unsaturated/α-hetero) is 1. The van der Waals surface area contributed by atoms with E-state index < -0.39 is 0 Å². The summed E-state index contributed by atoms with van der Waals surface area (Å²) in [4.78, 5) is 41.0. The number of aromatic nitrogens is 1. The van der Waals surface area contributed by atoms with Gasteiger partial charge in [-0.05, 0) is 12.8 Å². The lowest BCUT2D eigenvalue weighted by Gasteiger charge is -2.21. The highest BCUT2D eigenvalue weighted by Gasteiger charge is 2.34. The Morgan fingerprint density at radius 1 is 1.26 bits per heavy atom. The average Bonchev–Trinajstić information content (AvgIpc) is 3.16. The van der Waals surface area contributed by atoms with Crippen LogP contribution in [-0.4, -0.2) is 28.6 Å². The summed E-state index contributed by atoms with van der Waals surface area (Å²) in [7, 11) is 0. The second kappa shape index (κ2) is 6.78. The largest absolute Gasteiger partial charge is 0.353 e. The van der Waals surface area contributed by atoms with E-state index in [2.05, 4.69) is 15.6 Å². The maximum absolute atomic E-state index is 12.4. The number of rotatable bonds is 4. The van der Waals surface area contributed by atoms with E-state index in [1.54, 1.807) is 6.92 Å². The van der Waals surface area contributed by atoms with Crippen LogP contribution in [0.4, 0.5) is 5.13 Å². The molecule has 2 amide bonds. The van der Waals surface area contributed by atoms with Crippen LogP contribution in [0.1, 0.15) is 60.8 Å². The number of fused-ring (bicyclic) bond motifs is 1. The minimum absolute atomic E-state index is 0.0388. The van der Waals surface area contributed by atoms with E-state index in [1.165, 1.54) is 11.3 Å². The molecule has 6 nitrogen and oxygen atoms in total. The molecule has 3 rings (SSSR count). The van der Waals surface area contributed by atoms with Gasteiger partial charge in [0.15, 0.2) is 10.9 Å². The number of hydrogen-bond donors (Lipinski definition) is 2. The fraction of sp³-hybridized carbons (Fsp3) is 0.625. The molecule has 1 fully saturated rings. The van der Waals surface area contributed by atoms with Crippen LogP contribution in [0.3, 0.4) is 0 Å². The van der Waals surface area contributed by atoms with Crippen molar-refractivity contribution in [3.05, 3.63) is 10.6 Å². The third-order valence-electron chi connectivity index (χ3n) is 4.46. The molecule has 0 aromatic carbocycles. The first-order chi connectivity index (χ1) is 11.1. The third-order valence-corrected chi connectivity index (χ3v) is 5.52. The highest BCUT2D eigenvalue weighted by atomic mass is 32.1. The van der Waals surface area contributed by atoms with Gasteiger partial charge in [-0.1, -0.05) is 31.1 Å². The van der Waals surface area contributed by atoms with Crippen LogP contribution in [0.15, 0.2) is 0 Å². The Hall–Kier alpha value is -1.76. The minimum Gasteiger partial charge on any atom is -0.353 e. The predicted molar refractivity (Wildman–Crippen MR) is 87.6 cm³/mol. The monoisotopic (exact) mass is 335 g/mol. The lowest BCUT2D eigenvalue weighted by Crippen LogP contribution is -2.40. The number of hydrogen-bond acceptors (Lipinski definition) is 5. The first-order valence-corrected chi connectivity index (χ1v) is 9.01. The number of ketones is 1. The Morgan fingerprint density at radius 3 is 2.70 bits per heavy atom. The topological polar surface area (TPSA) is 88.2 Å². The highest BCUT2D eigenvalue weighted by molar-refractivity contribution is 7.17. The quantitative estimate of drug-likeness (QED) is 0.883. The van der Waals surface area contributed by atoms with Gasteiger partial charge in [0, 0.05) is 25.3 Å². The Kier molecular flexibility index (Phi) is 4.75. The van der Waals surface area contributed by atoms with Crippen LogP contribution < -0.4 is 10.6 Å². The number of thiazole rings is 1. The van der Waals surface area contributed by atoms with Gasteiger partial charge in [-0.15, -0.1) is 0 Å². The van der Waals surface area contributed by atoms with Crippen molar-refractivity contribution in [1.82, 2.24) is 10.3 Å². The molecule has 0 unspecified atom stereocenters. The van der Waals surface area contributed by atoms with Gasteiger partial charge in [0.2, 0.25) is 11.8 Å². The molecule has 7 heteroatoms. The summed E-state index contributed by atoms with van der Waals surface area (Å²) < 4.78 is 0. The van der Waals surface area contributed by atoms with Crippen LogP contribution >= 0.6 is 11.3 Å². The van der Waals surface area contributed by atoms with Crippen LogP contribution in [0.5, 0.6) is 0 Å². The summed E-state index contributed by atoms with van der Waals surface area (Å²) in [6.45, 7) is 1.76. The fourth-order valence-electron chi connectivity index (χ4n) is 3.17. The average molecular weight is 335 g/mol. The van der Waals surface area contributed by atoms with E-state index in [0.29, 0.717) is 28.5 Å². The summed E-state index contributed by atoms with van der Waals surface area (Å²) in [6, 6.07) is 0.258. The zero-order valence-electron chi connectivity index (χ0n) is 13.2. The van der Waals surface area contributed by atoms with Gasteiger partial charge in [-0.25, -0.2) is 4.98 Å². The van der Waals surface area contributed by atoms with E-state index in [4.69, 9.17) is 0 Å². The molecule has 2 aliphatic rings. The molecule has 1 saturated carbocycles. The summed E-state index contributed by atoms with van der Waals surface area (Å²) in [5.41, 5.74) is 0.643. The molecule has 0 aliphatic heterocycles. The van der Waals surface area contributed by atoms with Gasteiger partial charge in [0.1, 0.15) is 0 Å². The van der Waals surface area contributed by atoms with Crippen molar-refractivity contribution in [3.8, 4) is 0 Å². The molecular weight excluding hydrogens is 314 g/mol. The van der Waals surface area contributed by atoms with E-state index in [1.807, 2.05) is 0 Å². The third kappa shape index (κ3) is 3.60. The van der Waals surface area contributed by atoms with Crippen molar-refractivity contribution < 1.29 is 14.4 Å². The standard InChI is InChI=1S/C16H21N3O3S/c1-2-13(21)19-16-18-11-7-9(8-12(20)14(11)23-16)15(22)17-10-5-3-4-6-10/h9-10H,2-8H2,1H3,(H,17,22)(H,18,19,21)/t9-/m1/s1. The number of carbonyl (C=O) groups is 3. The van der Waals surface area contributed by atoms with Gasteiger partial charge in [-0.2, -0.15) is 0 Å². The molecule has 2 N–H and O–H groups in total. The molecule has 0 saturated heterocycles. The lowest BCUT2D eigenvalue weighted by atomic mass is 9.89. The Morgan fingerprint density at radius 2 is 2.00 bits per heavy atom. The molecule has 23 heavy (non-hydrogen) atoms. The van der Waals surface area contributed by atoms with Crippen molar-refractivity contribution in [3.63, 3.8) is 0 Å². The normalized spacial score (nSPS) is 21.1. The zero-order chi connectivity index (χ0) is 16.4. The Bertz CT molecular complexity index is 635. The first kappa shape index (κ1) is 16.1. The van der Waals surface area contributed by atoms with Crippen molar-refractivity contribution in [2.24, 2.45) is 5.92 Å². The van der Waals surface area contributed by atoms with Gasteiger partial charge in [0.25, 0.3) is 0 Å². The second-order valence-corrected chi connectivity index (χ2v) is 7.21. The molecule has 0 spiro atoms. The van der Waals surface area contributed by atoms with Crippen molar-refractivity contribution in [2.45, 2.75) is 57.9 Å². The van der Waals surface area contributed by atoms with Crippen LogP contribution in [0.2, 0.25) is 0 Å². The van der Waals surface area contributed by atoms with Gasteiger partial charge in [0.05, 0.1) is 16.5 Å². The zero-order valence-corrected chi connectivity index (χ0v) is 14.0. The molecule has 124 valence electrons. The number of carbonyl (C=O) groups excluding carboxylic acids is 3. The Labute approximate surface area is 139 Å². The van der Waals surface area contributed by atoms with Crippen molar-refractivity contribution >= 4 is 34.1 Å². The van der Waals surface area contributed by atoms with E-state index in [0.717, 1.165) is 25.7 Å². The Balaban J connectivity index is 1.68. The van der Waals surface area contributed by atoms with Crippen molar-refractivity contribution in [2.75, 3.05) is 5.32 Å². The molecule has 1 aromatic heterocycles. The minimum atomic E-state index is -0.340. The fourth-order valence-corrected chi connectivity index (χ4v) is 4.12. The SMILES string of the molecule is CCC(=O)Nc1nc2c(s1)C(=O)C[C@H](C(=O)NC1CCCC1)C2. The second-order valence-electron chi connectivity index (χ2n) is 6.21. The van der Waals surface area contributed by atoms with E-state index in [-0.39, 0.29) is 36.0 Å². The maximum atomic E-state index is 12.4. The lowest BCUT2D eigenvalue weighted by molar-refractivity contribution is -0.125. The smallest absolute Gasteiger partial charge is 0.225 e. The van der Waals surface area contributed by atoms with Gasteiger partial charge >= 0.3 is 0 Å². The van der Waals surface area contributed by atoms with Crippen molar-refractivity contribution in [1.29, 1.82) is 0 Å². The predicted octanol–water partition coefficient (Wildman–Crippen LogP) is 2.30. The molecular formula is C16H21N3O3S. The summed E-state index contributed by atoms with van der Waals surface area (Å²) in [5.74, 6) is -0.554. The van der Waals surface area contributed by atoms with Gasteiger partial charge < -0.3 is 10.6 Å². The summed E-state index contributed by atoms with van der Waals surface area (Å²) in [5, 5.41) is 6.20. The maximum Gasteiger partial charge on any atom is 0.225 e. The summed E-state index contributed by atoms with van der Waals surface area (Å²) in [6.07, 6.45) is 5.44. The summed E-state index contributed by atoms with van der Waals surface area (Å²) >= 11 is 1.21. The highest BCUT2D eigenvalue weighted by Crippen LogP contribution is 2.32. The molecule has 1 atom stereocenters. The van der Waals surface area contributed by atoms with Crippen LogP contribution in [0.25, 0.3) is 0 Å². The van der Waals surface area contributed by atoms with E-state index in [9.17, 15) is 14.4 Å². The van der Waals surface area contributed by atoms with E-state index >= 15 is 0 Å². The molecule has 2 aliphatic carbocycles. The van der Waals surface area contributed by atoms with Gasteiger partial charge in [-0.3, -0.25) is 14.4 Å². The van der Waals surface area contributed by atoms with Crippen LogP contribution in [0, 0.1) is 5.92 Å². The number of amides is 2. The first-order valence-electron chi connectivity index (χ1n) is 8.20. The van der Waals surface area contributed by atoms with Crippen LogP contribution in [-0.2, 0) is 16.0 Å². The number of nitrogens with zero attached hydrogens (tertiary/aromatic N) is 1.